The molecule has 0 aliphatic carbocycles. The molecule has 0 radical (unpaired) electrons. The largest absolute Gasteiger partial charge is 0.350 e. The Bertz CT molecular complexity index is 769. The van der Waals surface area contributed by atoms with E-state index in [2.05, 4.69) is 12.2 Å². The molecule has 1 aliphatic heterocycles. The third-order valence-electron chi connectivity index (χ3n) is 4.57. The van der Waals surface area contributed by atoms with Gasteiger partial charge < -0.3 is 10.2 Å². The van der Waals surface area contributed by atoms with Gasteiger partial charge in [-0.1, -0.05) is 25.1 Å². The van der Waals surface area contributed by atoms with Crippen molar-refractivity contribution in [2.24, 2.45) is 5.92 Å². The molecule has 130 valence electrons. The van der Waals surface area contributed by atoms with E-state index in [0.29, 0.717) is 30.3 Å². The van der Waals surface area contributed by atoms with Gasteiger partial charge in [0.2, 0.25) is 0 Å². The van der Waals surface area contributed by atoms with Gasteiger partial charge in [-0.05, 0) is 43.0 Å². The smallest absolute Gasteiger partial charge is 0.293 e. The fraction of sp³-hybridized carbons (Fsp3) is 0.316. The summed E-state index contributed by atoms with van der Waals surface area (Å²) in [6.07, 6.45) is 1.95. The molecule has 2 aromatic rings. The molecule has 0 atom stereocenters. The molecule has 0 bridgehead atoms. The summed E-state index contributed by atoms with van der Waals surface area (Å²) in [7, 11) is 0. The summed E-state index contributed by atoms with van der Waals surface area (Å²) in [6.45, 7) is 3.59. The van der Waals surface area contributed by atoms with Crippen LogP contribution >= 0.6 is 0 Å². The molecule has 1 saturated heterocycles. The van der Waals surface area contributed by atoms with Gasteiger partial charge in [-0.2, -0.15) is 0 Å². The number of para-hydroxylation sites is 1. The lowest BCUT2D eigenvalue weighted by Crippen LogP contribution is -2.37. The van der Waals surface area contributed by atoms with E-state index in [1.54, 1.807) is 17.0 Å². The van der Waals surface area contributed by atoms with Crippen LogP contribution < -0.4 is 5.32 Å². The van der Waals surface area contributed by atoms with E-state index in [-0.39, 0.29) is 11.6 Å². The number of hydrogen-bond donors (Lipinski definition) is 1. The number of nitro benzene ring substituents is 1. The predicted molar refractivity (Wildman–Crippen MR) is 97.1 cm³/mol. The van der Waals surface area contributed by atoms with Crippen LogP contribution in [0.3, 0.4) is 0 Å². The normalized spacial score (nSPS) is 15.0. The van der Waals surface area contributed by atoms with Crippen molar-refractivity contribution >= 4 is 23.0 Å². The van der Waals surface area contributed by atoms with Crippen molar-refractivity contribution in [2.45, 2.75) is 19.8 Å². The fourth-order valence-electron chi connectivity index (χ4n) is 2.99. The lowest BCUT2D eigenvalue weighted by molar-refractivity contribution is -0.383. The number of carbonyl (C=O) groups excluding carboxylic acids is 1. The van der Waals surface area contributed by atoms with Crippen LogP contribution in [-0.4, -0.2) is 28.8 Å². The Morgan fingerprint density at radius 1 is 1.16 bits per heavy atom. The molecule has 0 spiro atoms. The average Bonchev–Trinajstić information content (AvgIpc) is 2.63. The van der Waals surface area contributed by atoms with Crippen LogP contribution in [0.25, 0.3) is 0 Å². The topological polar surface area (TPSA) is 75.5 Å². The van der Waals surface area contributed by atoms with Crippen LogP contribution in [0, 0.1) is 16.0 Å². The summed E-state index contributed by atoms with van der Waals surface area (Å²) in [5, 5.41) is 14.5. The predicted octanol–water partition coefficient (Wildman–Crippen LogP) is 4.21. The van der Waals surface area contributed by atoms with Crippen molar-refractivity contribution < 1.29 is 9.72 Å². The van der Waals surface area contributed by atoms with Crippen LogP contribution in [0.2, 0.25) is 0 Å². The third kappa shape index (κ3) is 3.96. The highest BCUT2D eigenvalue weighted by Gasteiger charge is 2.24. The lowest BCUT2D eigenvalue weighted by Gasteiger charge is -2.30. The number of nitrogens with zero attached hydrogens (tertiary/aromatic N) is 2. The molecule has 1 fully saturated rings. The Kier molecular flexibility index (Phi) is 4.97. The van der Waals surface area contributed by atoms with Gasteiger partial charge in [-0.15, -0.1) is 0 Å². The summed E-state index contributed by atoms with van der Waals surface area (Å²) < 4.78 is 0. The number of anilines is 2. The van der Waals surface area contributed by atoms with E-state index in [0.717, 1.165) is 18.5 Å². The molecule has 1 amide bonds. The first-order valence-corrected chi connectivity index (χ1v) is 8.44. The zero-order valence-electron chi connectivity index (χ0n) is 14.1. The number of amides is 1. The second kappa shape index (κ2) is 7.34. The molecule has 0 unspecified atom stereocenters. The minimum absolute atomic E-state index is 0.0971. The highest BCUT2D eigenvalue weighted by Crippen LogP contribution is 2.29. The fourth-order valence-corrected chi connectivity index (χ4v) is 2.99. The first-order chi connectivity index (χ1) is 12.0. The summed E-state index contributed by atoms with van der Waals surface area (Å²) in [4.78, 5) is 25.4. The second-order valence-corrected chi connectivity index (χ2v) is 6.45. The van der Waals surface area contributed by atoms with Gasteiger partial charge in [0, 0.05) is 30.4 Å². The van der Waals surface area contributed by atoms with E-state index in [1.807, 2.05) is 30.3 Å². The van der Waals surface area contributed by atoms with Gasteiger partial charge in [0.1, 0.15) is 5.69 Å². The van der Waals surface area contributed by atoms with Gasteiger partial charge in [0.15, 0.2) is 0 Å². The monoisotopic (exact) mass is 339 g/mol. The van der Waals surface area contributed by atoms with Crippen molar-refractivity contribution in [2.75, 3.05) is 18.4 Å². The molecule has 0 aromatic heterocycles. The quantitative estimate of drug-likeness (QED) is 0.669. The Morgan fingerprint density at radius 2 is 1.84 bits per heavy atom. The maximum atomic E-state index is 12.6. The van der Waals surface area contributed by atoms with Crippen LogP contribution in [0.1, 0.15) is 30.1 Å². The number of carbonyl (C=O) groups is 1. The SMILES string of the molecule is CC1CCN(C(=O)c2ccc(Nc3ccccc3)c([N+](=O)[O-])c2)CC1. The molecular formula is C19H21N3O3. The molecule has 1 aliphatic rings. The standard InChI is InChI=1S/C19H21N3O3/c1-14-9-11-21(12-10-14)19(23)15-7-8-17(18(13-15)22(24)25)20-16-5-3-2-4-6-16/h2-8,13-14,20H,9-12H2,1H3. The first-order valence-electron chi connectivity index (χ1n) is 8.44. The van der Waals surface area contributed by atoms with E-state index in [4.69, 9.17) is 0 Å². The maximum Gasteiger partial charge on any atom is 0.293 e. The zero-order chi connectivity index (χ0) is 17.8. The molecule has 6 heteroatoms. The molecule has 3 rings (SSSR count). The number of benzene rings is 2. The number of likely N-dealkylation sites (tertiary alicyclic amines) is 1. The molecule has 0 saturated carbocycles. The molecule has 1 heterocycles. The van der Waals surface area contributed by atoms with E-state index in [1.165, 1.54) is 6.07 Å². The molecule has 2 aromatic carbocycles. The number of piperidine rings is 1. The number of nitrogens with one attached hydrogen (secondary N) is 1. The van der Waals surface area contributed by atoms with Gasteiger partial charge in [0.25, 0.3) is 11.6 Å². The van der Waals surface area contributed by atoms with Gasteiger partial charge >= 0.3 is 0 Å². The highest BCUT2D eigenvalue weighted by atomic mass is 16.6. The molecule has 25 heavy (non-hydrogen) atoms. The van der Waals surface area contributed by atoms with Crippen LogP contribution in [0.5, 0.6) is 0 Å². The summed E-state index contributed by atoms with van der Waals surface area (Å²) in [6, 6.07) is 13.9. The van der Waals surface area contributed by atoms with Gasteiger partial charge in [-0.3, -0.25) is 14.9 Å². The van der Waals surface area contributed by atoms with E-state index >= 15 is 0 Å². The summed E-state index contributed by atoms with van der Waals surface area (Å²) in [5.41, 5.74) is 1.40. The minimum atomic E-state index is -0.458. The van der Waals surface area contributed by atoms with E-state index in [9.17, 15) is 14.9 Å². The minimum Gasteiger partial charge on any atom is -0.350 e. The van der Waals surface area contributed by atoms with Crippen molar-refractivity contribution in [3.05, 3.63) is 64.2 Å². The molecule has 1 N–H and O–H groups in total. The Labute approximate surface area is 146 Å². The van der Waals surface area contributed by atoms with Crippen LogP contribution in [-0.2, 0) is 0 Å². The molecular weight excluding hydrogens is 318 g/mol. The van der Waals surface area contributed by atoms with Crippen LogP contribution in [0.4, 0.5) is 17.1 Å². The summed E-state index contributed by atoms with van der Waals surface area (Å²) in [5.74, 6) is 0.483. The van der Waals surface area contributed by atoms with Gasteiger partial charge in [-0.25, -0.2) is 0 Å². The van der Waals surface area contributed by atoms with Crippen molar-refractivity contribution in [1.82, 2.24) is 4.90 Å². The number of rotatable bonds is 4. The second-order valence-electron chi connectivity index (χ2n) is 6.45. The maximum absolute atomic E-state index is 12.6. The molecule has 6 nitrogen and oxygen atoms in total. The van der Waals surface area contributed by atoms with E-state index < -0.39 is 4.92 Å². The van der Waals surface area contributed by atoms with Gasteiger partial charge in [0.05, 0.1) is 4.92 Å². The highest BCUT2D eigenvalue weighted by molar-refractivity contribution is 5.96. The Morgan fingerprint density at radius 3 is 2.48 bits per heavy atom. The third-order valence-corrected chi connectivity index (χ3v) is 4.57. The number of hydrogen-bond acceptors (Lipinski definition) is 4. The zero-order valence-corrected chi connectivity index (χ0v) is 14.1. The Balaban J connectivity index is 1.83. The Hall–Kier alpha value is -2.89. The first kappa shape index (κ1) is 17.0. The number of nitro groups is 1. The van der Waals surface area contributed by atoms with Crippen molar-refractivity contribution in [1.29, 1.82) is 0 Å². The van der Waals surface area contributed by atoms with Crippen molar-refractivity contribution in [3.63, 3.8) is 0 Å². The average molecular weight is 339 g/mol. The van der Waals surface area contributed by atoms with Crippen LogP contribution in [0.15, 0.2) is 48.5 Å². The summed E-state index contributed by atoms with van der Waals surface area (Å²) >= 11 is 0. The lowest BCUT2D eigenvalue weighted by atomic mass is 9.98. The van der Waals surface area contributed by atoms with Crippen molar-refractivity contribution in [3.8, 4) is 0 Å².